The van der Waals surface area contributed by atoms with Gasteiger partial charge in [-0.1, -0.05) is 6.92 Å². The molecule has 4 heteroatoms. The summed E-state index contributed by atoms with van der Waals surface area (Å²) in [7, 11) is 0. The van der Waals surface area contributed by atoms with Crippen molar-refractivity contribution < 1.29 is 5.21 Å². The summed E-state index contributed by atoms with van der Waals surface area (Å²) in [6, 6.07) is 0. The SMILES string of the molecule is CCc1cncc(=O)n1O. The number of hydrogen-bond acceptors (Lipinski definition) is 3. The lowest BCUT2D eigenvalue weighted by Gasteiger charge is -1.99. The Balaban J connectivity index is 3.28. The fourth-order valence-electron chi connectivity index (χ4n) is 0.679. The van der Waals surface area contributed by atoms with Crippen LogP contribution in [0.3, 0.4) is 0 Å². The van der Waals surface area contributed by atoms with Crippen LogP contribution in [-0.2, 0) is 6.42 Å². The lowest BCUT2D eigenvalue weighted by atomic mass is 10.4. The van der Waals surface area contributed by atoms with E-state index in [1.807, 2.05) is 6.92 Å². The van der Waals surface area contributed by atoms with Crippen LogP contribution in [0.15, 0.2) is 17.2 Å². The summed E-state index contributed by atoms with van der Waals surface area (Å²) in [6.45, 7) is 1.84. The van der Waals surface area contributed by atoms with Gasteiger partial charge in [-0.15, -0.1) is 4.73 Å². The summed E-state index contributed by atoms with van der Waals surface area (Å²) in [5, 5.41) is 8.96. The third kappa shape index (κ3) is 1.00. The van der Waals surface area contributed by atoms with Gasteiger partial charge in [0.25, 0.3) is 0 Å². The lowest BCUT2D eigenvalue weighted by molar-refractivity contribution is 0.164. The Morgan fingerprint density at radius 3 is 2.90 bits per heavy atom. The van der Waals surface area contributed by atoms with Crippen LogP contribution in [0.25, 0.3) is 0 Å². The molecular weight excluding hydrogens is 132 g/mol. The molecule has 0 aliphatic heterocycles. The van der Waals surface area contributed by atoms with Gasteiger partial charge in [0.2, 0.25) is 0 Å². The average molecular weight is 140 g/mol. The number of nitrogens with zero attached hydrogens (tertiary/aromatic N) is 2. The molecule has 0 fully saturated rings. The van der Waals surface area contributed by atoms with E-state index in [9.17, 15) is 4.79 Å². The first-order valence-electron chi connectivity index (χ1n) is 3.01. The van der Waals surface area contributed by atoms with E-state index in [-0.39, 0.29) is 0 Å². The number of hydrogen-bond donors (Lipinski definition) is 1. The molecule has 0 saturated heterocycles. The van der Waals surface area contributed by atoms with Crippen molar-refractivity contribution in [2.24, 2.45) is 0 Å². The third-order valence-electron chi connectivity index (χ3n) is 1.25. The van der Waals surface area contributed by atoms with Crippen molar-refractivity contribution in [3.05, 3.63) is 28.4 Å². The Hall–Kier alpha value is -1.32. The topological polar surface area (TPSA) is 55.1 Å². The van der Waals surface area contributed by atoms with Gasteiger partial charge >= 0.3 is 5.56 Å². The van der Waals surface area contributed by atoms with Gasteiger partial charge in [-0.3, -0.25) is 9.78 Å². The van der Waals surface area contributed by atoms with Crippen molar-refractivity contribution in [3.8, 4) is 0 Å². The third-order valence-corrected chi connectivity index (χ3v) is 1.25. The van der Waals surface area contributed by atoms with E-state index in [4.69, 9.17) is 5.21 Å². The quantitative estimate of drug-likeness (QED) is 0.560. The Morgan fingerprint density at radius 2 is 2.40 bits per heavy atom. The Morgan fingerprint density at radius 1 is 1.70 bits per heavy atom. The zero-order valence-corrected chi connectivity index (χ0v) is 5.61. The van der Waals surface area contributed by atoms with Crippen LogP contribution in [0.2, 0.25) is 0 Å². The minimum absolute atomic E-state index is 0.487. The molecule has 0 aliphatic rings. The molecule has 0 unspecified atom stereocenters. The highest BCUT2D eigenvalue weighted by Gasteiger charge is 1.97. The molecule has 0 amide bonds. The van der Waals surface area contributed by atoms with Gasteiger partial charge in [0.05, 0.1) is 18.1 Å². The van der Waals surface area contributed by atoms with Gasteiger partial charge in [-0.05, 0) is 6.42 Å². The number of aromatic nitrogens is 2. The highest BCUT2D eigenvalue weighted by Crippen LogP contribution is 1.89. The number of aryl methyl sites for hydroxylation is 1. The second-order valence-corrected chi connectivity index (χ2v) is 1.90. The van der Waals surface area contributed by atoms with Gasteiger partial charge < -0.3 is 5.21 Å². The molecule has 1 aromatic heterocycles. The molecule has 54 valence electrons. The van der Waals surface area contributed by atoms with E-state index in [1.165, 1.54) is 6.20 Å². The highest BCUT2D eigenvalue weighted by atomic mass is 16.5. The molecule has 0 radical (unpaired) electrons. The zero-order chi connectivity index (χ0) is 7.56. The van der Waals surface area contributed by atoms with Gasteiger partial charge in [0, 0.05) is 0 Å². The summed E-state index contributed by atoms with van der Waals surface area (Å²) in [5.41, 5.74) is 0.0341. The van der Waals surface area contributed by atoms with Crippen LogP contribution in [0, 0.1) is 0 Å². The van der Waals surface area contributed by atoms with E-state index in [2.05, 4.69) is 4.98 Å². The molecule has 1 heterocycles. The molecular formula is C6H8N2O2. The summed E-state index contributed by atoms with van der Waals surface area (Å²) in [6.07, 6.45) is 3.13. The average Bonchev–Trinajstić information content (AvgIpc) is 1.95. The molecule has 0 aromatic carbocycles. The second kappa shape index (κ2) is 2.51. The van der Waals surface area contributed by atoms with Crippen LogP contribution in [0.4, 0.5) is 0 Å². The fraction of sp³-hybridized carbons (Fsp3) is 0.333. The van der Waals surface area contributed by atoms with Gasteiger partial charge in [0.15, 0.2) is 0 Å². The fourth-order valence-corrected chi connectivity index (χ4v) is 0.679. The van der Waals surface area contributed by atoms with Crippen molar-refractivity contribution in [1.29, 1.82) is 0 Å². The van der Waals surface area contributed by atoms with E-state index in [0.29, 0.717) is 16.8 Å². The minimum Gasteiger partial charge on any atom is -0.425 e. The van der Waals surface area contributed by atoms with Gasteiger partial charge in [-0.2, -0.15) is 0 Å². The van der Waals surface area contributed by atoms with E-state index >= 15 is 0 Å². The molecule has 10 heavy (non-hydrogen) atoms. The summed E-state index contributed by atoms with van der Waals surface area (Å²) in [4.78, 5) is 14.3. The van der Waals surface area contributed by atoms with Crippen LogP contribution >= 0.6 is 0 Å². The first-order chi connectivity index (χ1) is 4.75. The number of rotatable bonds is 1. The predicted octanol–water partition coefficient (Wildman–Crippen LogP) is 0.0430. The molecule has 0 bridgehead atoms. The zero-order valence-electron chi connectivity index (χ0n) is 5.61. The highest BCUT2D eigenvalue weighted by molar-refractivity contribution is 4.95. The van der Waals surface area contributed by atoms with E-state index < -0.39 is 5.56 Å². The van der Waals surface area contributed by atoms with Crippen molar-refractivity contribution in [1.82, 2.24) is 9.71 Å². The molecule has 0 saturated carbocycles. The normalized spacial score (nSPS) is 9.70. The largest absolute Gasteiger partial charge is 0.425 e. The Bertz CT molecular complexity index is 279. The molecule has 4 nitrogen and oxygen atoms in total. The van der Waals surface area contributed by atoms with Crippen molar-refractivity contribution in [2.45, 2.75) is 13.3 Å². The predicted molar refractivity (Wildman–Crippen MR) is 35.1 cm³/mol. The Kier molecular flexibility index (Phi) is 1.71. The van der Waals surface area contributed by atoms with Gasteiger partial charge in [-0.25, -0.2) is 0 Å². The molecule has 1 aromatic rings. The molecule has 1 rings (SSSR count). The lowest BCUT2D eigenvalue weighted by Crippen LogP contribution is -2.20. The maximum atomic E-state index is 10.6. The van der Waals surface area contributed by atoms with Crippen LogP contribution in [0.5, 0.6) is 0 Å². The van der Waals surface area contributed by atoms with Gasteiger partial charge in [0.1, 0.15) is 0 Å². The molecule has 0 aliphatic carbocycles. The minimum atomic E-state index is -0.487. The van der Waals surface area contributed by atoms with Crippen molar-refractivity contribution in [3.63, 3.8) is 0 Å². The maximum absolute atomic E-state index is 10.6. The van der Waals surface area contributed by atoms with E-state index in [1.54, 1.807) is 0 Å². The first-order valence-corrected chi connectivity index (χ1v) is 3.01. The monoisotopic (exact) mass is 140 g/mol. The summed E-state index contributed by atoms with van der Waals surface area (Å²) >= 11 is 0. The van der Waals surface area contributed by atoms with Crippen molar-refractivity contribution in [2.75, 3.05) is 0 Å². The molecule has 1 N–H and O–H groups in total. The maximum Gasteiger partial charge on any atom is 0.301 e. The Labute approximate surface area is 57.7 Å². The second-order valence-electron chi connectivity index (χ2n) is 1.90. The standard InChI is InChI=1S/C6H8N2O2/c1-2-5-3-7-4-6(9)8(5)10/h3-4,10H,2H2,1H3. The van der Waals surface area contributed by atoms with E-state index in [0.717, 1.165) is 6.20 Å². The smallest absolute Gasteiger partial charge is 0.301 e. The molecule has 0 spiro atoms. The summed E-state index contributed by atoms with van der Waals surface area (Å²) in [5.74, 6) is 0. The van der Waals surface area contributed by atoms with Crippen molar-refractivity contribution >= 4 is 0 Å². The summed E-state index contributed by atoms with van der Waals surface area (Å²) < 4.78 is 0.604. The van der Waals surface area contributed by atoms with Crippen LogP contribution < -0.4 is 5.56 Å². The molecule has 0 atom stereocenters. The van der Waals surface area contributed by atoms with Crippen LogP contribution in [0.1, 0.15) is 12.6 Å². The van der Waals surface area contributed by atoms with Crippen LogP contribution in [-0.4, -0.2) is 14.9 Å². The first kappa shape index (κ1) is 6.80.